The van der Waals surface area contributed by atoms with Crippen LogP contribution in [0.15, 0.2) is 18.2 Å². The van der Waals surface area contributed by atoms with Crippen molar-refractivity contribution >= 4 is 34.4 Å². The fourth-order valence-electron chi connectivity index (χ4n) is 1.22. The largest absolute Gasteiger partial charge is 0.375 e. The quantitative estimate of drug-likeness (QED) is 0.851. The van der Waals surface area contributed by atoms with Gasteiger partial charge in [0, 0.05) is 7.11 Å². The number of hydrogen-bond donors (Lipinski definition) is 1. The van der Waals surface area contributed by atoms with Crippen LogP contribution in [0.5, 0.6) is 0 Å². The second-order valence-electron chi connectivity index (χ2n) is 2.92. The Morgan fingerprint density at radius 3 is 3.20 bits per heavy atom. The number of nitrogens with one attached hydrogen (secondary N) is 1. The first-order valence-corrected chi connectivity index (χ1v) is 5.04. The van der Waals surface area contributed by atoms with Gasteiger partial charge in [-0.3, -0.25) is 4.79 Å². The molecule has 0 atom stereocenters. The third kappa shape index (κ3) is 2.11. The highest BCUT2D eigenvalue weighted by molar-refractivity contribution is 7.00. The van der Waals surface area contributed by atoms with Gasteiger partial charge in [0.2, 0.25) is 5.91 Å². The molecule has 0 bridgehead atoms. The number of hydrogen-bond acceptors (Lipinski definition) is 5. The summed E-state index contributed by atoms with van der Waals surface area (Å²) in [6.45, 7) is 0.0357. The van der Waals surface area contributed by atoms with Gasteiger partial charge in [-0.1, -0.05) is 6.07 Å². The van der Waals surface area contributed by atoms with Crippen molar-refractivity contribution in [2.75, 3.05) is 19.0 Å². The van der Waals surface area contributed by atoms with E-state index < -0.39 is 0 Å². The molecular formula is C9H9N3O2S. The maximum Gasteiger partial charge on any atom is 0.250 e. The second-order valence-corrected chi connectivity index (χ2v) is 3.45. The van der Waals surface area contributed by atoms with Crippen molar-refractivity contribution in [1.82, 2.24) is 8.75 Å². The molecule has 0 aliphatic carbocycles. The van der Waals surface area contributed by atoms with E-state index in [-0.39, 0.29) is 12.5 Å². The topological polar surface area (TPSA) is 64.1 Å². The van der Waals surface area contributed by atoms with E-state index in [1.165, 1.54) is 7.11 Å². The molecule has 2 aromatic rings. The molecule has 1 heterocycles. The van der Waals surface area contributed by atoms with Gasteiger partial charge >= 0.3 is 0 Å². The lowest BCUT2D eigenvalue weighted by molar-refractivity contribution is -0.119. The average Bonchev–Trinajstić information content (AvgIpc) is 2.67. The lowest BCUT2D eigenvalue weighted by Gasteiger charge is -2.03. The van der Waals surface area contributed by atoms with E-state index in [0.717, 1.165) is 17.2 Å². The first-order valence-electron chi connectivity index (χ1n) is 4.31. The summed E-state index contributed by atoms with van der Waals surface area (Å²) in [6.07, 6.45) is 0. The van der Waals surface area contributed by atoms with Crippen LogP contribution in [-0.4, -0.2) is 28.4 Å². The second kappa shape index (κ2) is 4.33. The number of nitrogens with zero attached hydrogens (tertiary/aromatic N) is 2. The van der Waals surface area contributed by atoms with Crippen molar-refractivity contribution in [3.63, 3.8) is 0 Å². The number of fused-ring (bicyclic) bond motifs is 1. The number of rotatable bonds is 3. The molecule has 0 aliphatic heterocycles. The van der Waals surface area contributed by atoms with E-state index in [4.69, 9.17) is 4.74 Å². The van der Waals surface area contributed by atoms with Gasteiger partial charge in [-0.15, -0.1) is 0 Å². The molecule has 78 valence electrons. The maximum atomic E-state index is 11.3. The van der Waals surface area contributed by atoms with Crippen molar-refractivity contribution in [2.45, 2.75) is 0 Å². The van der Waals surface area contributed by atoms with Crippen molar-refractivity contribution in [1.29, 1.82) is 0 Å². The summed E-state index contributed by atoms with van der Waals surface area (Å²) in [5.41, 5.74) is 2.17. The predicted octanol–water partition coefficient (Wildman–Crippen LogP) is 1.28. The van der Waals surface area contributed by atoms with E-state index in [2.05, 4.69) is 14.1 Å². The molecule has 0 saturated carbocycles. The Kier molecular flexibility index (Phi) is 2.89. The molecule has 1 N–H and O–H groups in total. The number of benzene rings is 1. The summed E-state index contributed by atoms with van der Waals surface area (Å²) in [5.74, 6) is -0.196. The summed E-state index contributed by atoms with van der Waals surface area (Å²) < 4.78 is 12.9. The van der Waals surface area contributed by atoms with Crippen LogP contribution in [0.25, 0.3) is 11.0 Å². The zero-order valence-corrected chi connectivity index (χ0v) is 8.87. The third-order valence-electron chi connectivity index (χ3n) is 1.84. The Hall–Kier alpha value is -1.53. The number of methoxy groups -OCH3 is 1. The predicted molar refractivity (Wildman–Crippen MR) is 57.9 cm³/mol. The lowest BCUT2D eigenvalue weighted by Crippen LogP contribution is -2.17. The van der Waals surface area contributed by atoms with Crippen LogP contribution in [0.4, 0.5) is 5.69 Å². The van der Waals surface area contributed by atoms with Crippen molar-refractivity contribution in [2.24, 2.45) is 0 Å². The van der Waals surface area contributed by atoms with Gasteiger partial charge in [-0.05, 0) is 12.1 Å². The molecule has 5 nitrogen and oxygen atoms in total. The van der Waals surface area contributed by atoms with Gasteiger partial charge in [-0.2, -0.15) is 8.75 Å². The van der Waals surface area contributed by atoms with Crippen LogP contribution in [0.3, 0.4) is 0 Å². The summed E-state index contributed by atoms with van der Waals surface area (Å²) in [5, 5.41) is 2.71. The van der Waals surface area contributed by atoms with E-state index in [1.807, 2.05) is 12.1 Å². The molecule has 0 unspecified atom stereocenters. The zero-order chi connectivity index (χ0) is 10.7. The number of aromatic nitrogens is 2. The molecule has 0 fully saturated rings. The van der Waals surface area contributed by atoms with E-state index in [1.54, 1.807) is 6.07 Å². The van der Waals surface area contributed by atoms with Crippen molar-refractivity contribution in [3.05, 3.63) is 18.2 Å². The number of ether oxygens (including phenoxy) is 1. The minimum absolute atomic E-state index is 0.0357. The first-order chi connectivity index (χ1) is 7.31. The zero-order valence-electron chi connectivity index (χ0n) is 8.06. The van der Waals surface area contributed by atoms with Crippen LogP contribution in [0.1, 0.15) is 0 Å². The molecule has 0 saturated heterocycles. The summed E-state index contributed by atoms with van der Waals surface area (Å²) in [4.78, 5) is 11.3. The van der Waals surface area contributed by atoms with Gasteiger partial charge in [0.25, 0.3) is 0 Å². The molecular weight excluding hydrogens is 214 g/mol. The third-order valence-corrected chi connectivity index (χ3v) is 2.38. The highest BCUT2D eigenvalue weighted by Gasteiger charge is 2.07. The first kappa shape index (κ1) is 10.0. The Morgan fingerprint density at radius 2 is 2.40 bits per heavy atom. The molecule has 1 aromatic carbocycles. The van der Waals surface area contributed by atoms with Gasteiger partial charge < -0.3 is 10.1 Å². The summed E-state index contributed by atoms with van der Waals surface area (Å²) in [7, 11) is 1.48. The molecule has 1 amide bonds. The summed E-state index contributed by atoms with van der Waals surface area (Å²) in [6, 6.07) is 5.47. The van der Waals surface area contributed by atoms with Crippen LogP contribution >= 0.6 is 11.7 Å². The number of amides is 1. The number of carbonyl (C=O) groups excluding carboxylic acids is 1. The number of anilines is 1. The van der Waals surface area contributed by atoms with Crippen LogP contribution in [0.2, 0.25) is 0 Å². The van der Waals surface area contributed by atoms with E-state index >= 15 is 0 Å². The van der Waals surface area contributed by atoms with Crippen LogP contribution < -0.4 is 5.32 Å². The molecule has 15 heavy (non-hydrogen) atoms. The minimum Gasteiger partial charge on any atom is -0.375 e. The smallest absolute Gasteiger partial charge is 0.250 e. The molecule has 1 aromatic heterocycles. The Labute approximate surface area is 90.4 Å². The Bertz CT molecular complexity index is 483. The maximum absolute atomic E-state index is 11.3. The molecule has 2 rings (SSSR count). The van der Waals surface area contributed by atoms with Gasteiger partial charge in [-0.25, -0.2) is 0 Å². The van der Waals surface area contributed by atoms with Crippen molar-refractivity contribution in [3.8, 4) is 0 Å². The van der Waals surface area contributed by atoms with Crippen molar-refractivity contribution < 1.29 is 9.53 Å². The van der Waals surface area contributed by atoms with E-state index in [9.17, 15) is 4.79 Å². The van der Waals surface area contributed by atoms with Gasteiger partial charge in [0.1, 0.15) is 17.6 Å². The van der Waals surface area contributed by atoms with Crippen LogP contribution in [0, 0.1) is 0 Å². The molecule has 6 heteroatoms. The highest BCUT2D eigenvalue weighted by atomic mass is 32.1. The normalized spacial score (nSPS) is 10.5. The minimum atomic E-state index is -0.196. The SMILES string of the molecule is COCC(=O)Nc1cccc2nsnc12. The lowest BCUT2D eigenvalue weighted by atomic mass is 10.2. The Balaban J connectivity index is 2.27. The summed E-state index contributed by atoms with van der Waals surface area (Å²) >= 11 is 1.12. The number of carbonyl (C=O) groups is 1. The molecule has 0 spiro atoms. The van der Waals surface area contributed by atoms with E-state index in [0.29, 0.717) is 11.2 Å². The van der Waals surface area contributed by atoms with Gasteiger partial charge in [0.15, 0.2) is 0 Å². The standard InChI is InChI=1S/C9H9N3O2S/c1-14-5-8(13)10-6-3-2-4-7-9(6)12-15-11-7/h2-4H,5H2,1H3,(H,10,13). The molecule has 0 radical (unpaired) electrons. The molecule has 0 aliphatic rings. The van der Waals surface area contributed by atoms with Gasteiger partial charge in [0.05, 0.1) is 17.4 Å². The Morgan fingerprint density at radius 1 is 1.53 bits per heavy atom. The monoisotopic (exact) mass is 223 g/mol. The van der Waals surface area contributed by atoms with Crippen LogP contribution in [-0.2, 0) is 9.53 Å². The highest BCUT2D eigenvalue weighted by Crippen LogP contribution is 2.20. The fourth-order valence-corrected chi connectivity index (χ4v) is 1.77. The fraction of sp³-hybridized carbons (Fsp3) is 0.222. The average molecular weight is 223 g/mol.